The van der Waals surface area contributed by atoms with Gasteiger partial charge in [0.15, 0.2) is 11.2 Å². The number of nitrogens with zero attached hydrogens (tertiary/aromatic N) is 5. The predicted octanol–water partition coefficient (Wildman–Crippen LogP) is 1.98. The van der Waals surface area contributed by atoms with Crippen LogP contribution in [0.5, 0.6) is 0 Å². The number of imidazole rings is 2. The average Bonchev–Trinajstić information content (AvgIpc) is 3.35. The molecule has 4 aromatic rings. The molecule has 0 fully saturated rings. The quantitative estimate of drug-likeness (QED) is 0.517. The van der Waals surface area contributed by atoms with E-state index in [-0.39, 0.29) is 17.8 Å². The minimum absolute atomic E-state index is 0.232. The average molecular weight is 367 g/mol. The molecule has 4 rings (SSSR count). The molecule has 140 valence electrons. The number of aromatic nitrogens is 5. The normalized spacial score (nSPS) is 12.1. The van der Waals surface area contributed by atoms with Gasteiger partial charge in [-0.1, -0.05) is 12.2 Å². The van der Waals surface area contributed by atoms with Crippen LogP contribution >= 0.6 is 0 Å². The van der Waals surface area contributed by atoms with Gasteiger partial charge in [-0.2, -0.15) is 4.98 Å². The maximum Gasteiger partial charge on any atom is 0.332 e. The minimum Gasteiger partial charge on any atom is -0.467 e. The third kappa shape index (κ3) is 2.40. The smallest absolute Gasteiger partial charge is 0.332 e. The molecular weight excluding hydrogens is 346 g/mol. The molecule has 0 amide bonds. The van der Waals surface area contributed by atoms with Crippen LogP contribution in [0.4, 0.5) is 0 Å². The molecule has 0 aromatic carbocycles. The van der Waals surface area contributed by atoms with E-state index < -0.39 is 0 Å². The lowest BCUT2D eigenvalue weighted by Gasteiger charge is -2.06. The molecule has 27 heavy (non-hydrogen) atoms. The first-order valence-corrected chi connectivity index (χ1v) is 8.77. The van der Waals surface area contributed by atoms with E-state index in [1.807, 2.05) is 47.9 Å². The lowest BCUT2D eigenvalue weighted by molar-refractivity contribution is 0.494. The van der Waals surface area contributed by atoms with E-state index >= 15 is 0 Å². The second-order valence-corrected chi connectivity index (χ2v) is 6.58. The largest absolute Gasteiger partial charge is 0.467 e. The summed E-state index contributed by atoms with van der Waals surface area (Å²) in [6.45, 7) is 6.52. The molecule has 0 unspecified atom stereocenters. The van der Waals surface area contributed by atoms with Gasteiger partial charge in [-0.25, -0.2) is 4.79 Å². The molecule has 4 aromatic heterocycles. The highest BCUT2D eigenvalue weighted by Gasteiger charge is 2.22. The first-order chi connectivity index (χ1) is 13.0. The molecule has 0 saturated heterocycles. The number of allylic oxidation sites excluding steroid dienone is 2. The molecular formula is C19H21N5O3. The van der Waals surface area contributed by atoms with E-state index in [0.717, 1.165) is 17.1 Å². The van der Waals surface area contributed by atoms with Crippen molar-refractivity contribution >= 4 is 16.9 Å². The topological polar surface area (TPSA) is 79.4 Å². The van der Waals surface area contributed by atoms with Crippen molar-refractivity contribution in [1.82, 2.24) is 23.1 Å². The van der Waals surface area contributed by atoms with Crippen LogP contribution in [0.25, 0.3) is 16.9 Å². The Morgan fingerprint density at radius 1 is 1.19 bits per heavy atom. The number of fused-ring (bicyclic) bond motifs is 3. The van der Waals surface area contributed by atoms with Gasteiger partial charge in [-0.15, -0.1) is 0 Å². The van der Waals surface area contributed by atoms with E-state index in [1.165, 1.54) is 9.13 Å². The maximum absolute atomic E-state index is 13.1. The van der Waals surface area contributed by atoms with Gasteiger partial charge in [0, 0.05) is 25.0 Å². The Morgan fingerprint density at radius 2 is 1.96 bits per heavy atom. The SMILES string of the molecule is C/C=C/Cn1c(=O)c2c(nc3n(Cc4ccco4)c(C)c(C)n23)n(C)c1=O. The van der Waals surface area contributed by atoms with Gasteiger partial charge in [0.2, 0.25) is 5.78 Å². The highest BCUT2D eigenvalue weighted by atomic mass is 16.3. The number of hydrogen-bond acceptors (Lipinski definition) is 4. The summed E-state index contributed by atoms with van der Waals surface area (Å²) in [5, 5.41) is 0. The first kappa shape index (κ1) is 17.1. The van der Waals surface area contributed by atoms with E-state index in [0.29, 0.717) is 23.5 Å². The van der Waals surface area contributed by atoms with Gasteiger partial charge in [0.25, 0.3) is 5.56 Å². The van der Waals surface area contributed by atoms with E-state index in [4.69, 9.17) is 4.42 Å². The molecule has 4 heterocycles. The molecule has 0 aliphatic heterocycles. The zero-order chi connectivity index (χ0) is 19.3. The van der Waals surface area contributed by atoms with E-state index in [9.17, 15) is 9.59 Å². The Kier molecular flexibility index (Phi) is 3.91. The Hall–Kier alpha value is -3.29. The van der Waals surface area contributed by atoms with Gasteiger partial charge in [0.1, 0.15) is 5.76 Å². The van der Waals surface area contributed by atoms with Gasteiger partial charge >= 0.3 is 5.69 Å². The summed E-state index contributed by atoms with van der Waals surface area (Å²) in [4.78, 5) is 30.4. The van der Waals surface area contributed by atoms with Crippen molar-refractivity contribution in [3.05, 3.63) is 68.5 Å². The lowest BCUT2D eigenvalue weighted by Crippen LogP contribution is -2.39. The molecule has 0 aliphatic rings. The van der Waals surface area contributed by atoms with Crippen molar-refractivity contribution in [2.24, 2.45) is 7.05 Å². The van der Waals surface area contributed by atoms with Crippen LogP contribution in [0.3, 0.4) is 0 Å². The third-order valence-corrected chi connectivity index (χ3v) is 5.05. The fourth-order valence-corrected chi connectivity index (χ4v) is 3.43. The molecule has 0 atom stereocenters. The highest BCUT2D eigenvalue weighted by molar-refractivity contribution is 5.76. The van der Waals surface area contributed by atoms with Crippen molar-refractivity contribution in [2.45, 2.75) is 33.9 Å². The van der Waals surface area contributed by atoms with Crippen LogP contribution in [0.1, 0.15) is 24.1 Å². The summed E-state index contributed by atoms with van der Waals surface area (Å²) in [6, 6.07) is 3.73. The third-order valence-electron chi connectivity index (χ3n) is 5.05. The van der Waals surface area contributed by atoms with E-state index in [1.54, 1.807) is 19.4 Å². The fraction of sp³-hybridized carbons (Fsp3) is 0.316. The van der Waals surface area contributed by atoms with Crippen LogP contribution < -0.4 is 11.2 Å². The molecule has 8 heteroatoms. The monoisotopic (exact) mass is 367 g/mol. The Balaban J connectivity index is 2.09. The Morgan fingerprint density at radius 3 is 2.63 bits per heavy atom. The van der Waals surface area contributed by atoms with Crippen molar-refractivity contribution in [3.8, 4) is 0 Å². The van der Waals surface area contributed by atoms with Crippen LogP contribution in [-0.4, -0.2) is 23.1 Å². The summed E-state index contributed by atoms with van der Waals surface area (Å²) >= 11 is 0. The standard InChI is InChI=1S/C19H21N5O3/c1-5-6-9-22-17(25)15-16(21(4)19(22)26)20-18-23(11-14-8-7-10-27-14)12(2)13(3)24(15)18/h5-8,10H,9,11H2,1-4H3/b6-5+. The van der Waals surface area contributed by atoms with E-state index in [2.05, 4.69) is 4.98 Å². The fourth-order valence-electron chi connectivity index (χ4n) is 3.43. The van der Waals surface area contributed by atoms with Gasteiger partial charge in [-0.05, 0) is 32.9 Å². The highest BCUT2D eigenvalue weighted by Crippen LogP contribution is 2.21. The first-order valence-electron chi connectivity index (χ1n) is 8.77. The molecule has 8 nitrogen and oxygen atoms in total. The molecule has 0 aliphatic carbocycles. The second-order valence-electron chi connectivity index (χ2n) is 6.58. The lowest BCUT2D eigenvalue weighted by atomic mass is 10.3. The summed E-state index contributed by atoms with van der Waals surface area (Å²) in [5.41, 5.74) is 1.98. The summed E-state index contributed by atoms with van der Waals surface area (Å²) in [7, 11) is 1.64. The molecule has 0 N–H and O–H groups in total. The van der Waals surface area contributed by atoms with Crippen LogP contribution in [0.15, 0.2) is 44.6 Å². The maximum atomic E-state index is 13.1. The number of furan rings is 1. The summed E-state index contributed by atoms with van der Waals surface area (Å²) in [5.74, 6) is 1.41. The number of hydrogen-bond donors (Lipinski definition) is 0. The van der Waals surface area contributed by atoms with Gasteiger partial charge in [-0.3, -0.25) is 18.3 Å². The van der Waals surface area contributed by atoms with Gasteiger partial charge in [0.05, 0.1) is 12.8 Å². The van der Waals surface area contributed by atoms with Crippen molar-refractivity contribution < 1.29 is 4.42 Å². The van der Waals surface area contributed by atoms with Gasteiger partial charge < -0.3 is 8.98 Å². The Labute approximate surface area is 154 Å². The van der Waals surface area contributed by atoms with Crippen LogP contribution in [0, 0.1) is 13.8 Å². The zero-order valence-electron chi connectivity index (χ0n) is 15.8. The molecule has 0 spiro atoms. The molecule has 0 bridgehead atoms. The summed E-state index contributed by atoms with van der Waals surface area (Å²) < 4.78 is 12.0. The Bertz CT molecular complexity index is 1300. The minimum atomic E-state index is -0.377. The summed E-state index contributed by atoms with van der Waals surface area (Å²) in [6.07, 6.45) is 5.23. The van der Waals surface area contributed by atoms with Crippen molar-refractivity contribution in [2.75, 3.05) is 0 Å². The number of aryl methyl sites for hydroxylation is 2. The molecule has 0 saturated carbocycles. The van der Waals surface area contributed by atoms with Crippen LogP contribution in [0.2, 0.25) is 0 Å². The molecule has 0 radical (unpaired) electrons. The predicted molar refractivity (Wildman–Crippen MR) is 102 cm³/mol. The van der Waals surface area contributed by atoms with Crippen molar-refractivity contribution in [3.63, 3.8) is 0 Å². The number of rotatable bonds is 4. The van der Waals surface area contributed by atoms with Crippen molar-refractivity contribution in [1.29, 1.82) is 0 Å². The van der Waals surface area contributed by atoms with Crippen LogP contribution in [-0.2, 0) is 20.1 Å². The zero-order valence-corrected chi connectivity index (χ0v) is 15.8. The second kappa shape index (κ2) is 6.15.